The van der Waals surface area contributed by atoms with Gasteiger partial charge >= 0.3 is 0 Å². The summed E-state index contributed by atoms with van der Waals surface area (Å²) in [5, 5.41) is 2.86. The Morgan fingerprint density at radius 3 is 2.46 bits per heavy atom. The predicted molar refractivity (Wildman–Crippen MR) is 106 cm³/mol. The van der Waals surface area contributed by atoms with Crippen LogP contribution < -0.4 is 10.1 Å². The molecule has 0 atom stereocenters. The average Bonchev–Trinajstić information content (AvgIpc) is 2.62. The minimum Gasteiger partial charge on any atom is -0.484 e. The molecule has 6 heteroatoms. The van der Waals surface area contributed by atoms with Crippen LogP contribution in [0.1, 0.15) is 18.9 Å². The average molecular weight is 419 g/mol. The molecule has 1 N–H and O–H groups in total. The van der Waals surface area contributed by atoms with E-state index in [0.29, 0.717) is 12.3 Å². The first-order valence-electron chi connectivity index (χ1n) is 8.51. The van der Waals surface area contributed by atoms with Gasteiger partial charge in [-0.1, -0.05) is 41.1 Å². The van der Waals surface area contributed by atoms with E-state index in [4.69, 9.17) is 4.74 Å². The van der Waals surface area contributed by atoms with Crippen LogP contribution in [0.15, 0.2) is 53.0 Å². The molecule has 2 amide bonds. The first-order chi connectivity index (χ1) is 12.5. The Labute approximate surface area is 162 Å². The second-order valence-corrected chi connectivity index (χ2v) is 6.84. The lowest BCUT2D eigenvalue weighted by atomic mass is 10.2. The summed E-state index contributed by atoms with van der Waals surface area (Å²) in [5.41, 5.74) is 1.74. The maximum Gasteiger partial charge on any atom is 0.260 e. The standard InChI is InChI=1S/C20H23BrN2O3/c1-3-12-23(13-19(24)22-18-7-5-4-6-15(18)2)20(25)14-26-17-10-8-16(21)9-11-17/h4-11H,3,12-14H2,1-2H3,(H,22,24). The molecule has 0 saturated carbocycles. The van der Waals surface area contributed by atoms with Gasteiger partial charge < -0.3 is 15.0 Å². The van der Waals surface area contributed by atoms with E-state index in [-0.39, 0.29) is 25.0 Å². The highest BCUT2D eigenvalue weighted by atomic mass is 79.9. The summed E-state index contributed by atoms with van der Waals surface area (Å²) < 4.78 is 6.47. The zero-order chi connectivity index (χ0) is 18.9. The van der Waals surface area contributed by atoms with Gasteiger partial charge in [-0.15, -0.1) is 0 Å². The Hall–Kier alpha value is -2.34. The van der Waals surface area contributed by atoms with E-state index < -0.39 is 0 Å². The Morgan fingerprint density at radius 1 is 1.12 bits per heavy atom. The molecule has 0 aliphatic rings. The number of halogens is 1. The summed E-state index contributed by atoms with van der Waals surface area (Å²) in [5.74, 6) is 0.182. The van der Waals surface area contributed by atoms with Crippen molar-refractivity contribution in [2.45, 2.75) is 20.3 Å². The number of ether oxygens (including phenoxy) is 1. The van der Waals surface area contributed by atoms with Crippen molar-refractivity contribution in [3.8, 4) is 5.75 Å². The van der Waals surface area contributed by atoms with Crippen molar-refractivity contribution < 1.29 is 14.3 Å². The minimum absolute atomic E-state index is 0.00467. The third-order valence-corrected chi connectivity index (χ3v) is 4.30. The highest BCUT2D eigenvalue weighted by molar-refractivity contribution is 9.10. The second-order valence-electron chi connectivity index (χ2n) is 5.92. The molecule has 2 aromatic rings. The molecule has 0 heterocycles. The number of rotatable bonds is 8. The number of aryl methyl sites for hydroxylation is 1. The number of nitrogens with one attached hydrogen (secondary N) is 1. The number of hydrogen-bond donors (Lipinski definition) is 1. The predicted octanol–water partition coefficient (Wildman–Crippen LogP) is 4.01. The van der Waals surface area contributed by atoms with E-state index in [1.54, 1.807) is 12.1 Å². The maximum atomic E-state index is 12.4. The Balaban J connectivity index is 1.91. The van der Waals surface area contributed by atoms with Crippen molar-refractivity contribution in [1.82, 2.24) is 4.90 Å². The van der Waals surface area contributed by atoms with E-state index in [1.165, 1.54) is 4.90 Å². The van der Waals surface area contributed by atoms with E-state index in [0.717, 1.165) is 22.1 Å². The van der Waals surface area contributed by atoms with Crippen molar-refractivity contribution in [3.63, 3.8) is 0 Å². The van der Waals surface area contributed by atoms with Gasteiger partial charge in [-0.05, 0) is 49.2 Å². The summed E-state index contributed by atoms with van der Waals surface area (Å²) >= 11 is 3.35. The molecule has 5 nitrogen and oxygen atoms in total. The largest absolute Gasteiger partial charge is 0.484 e. The van der Waals surface area contributed by atoms with Crippen LogP contribution in [-0.2, 0) is 9.59 Å². The highest BCUT2D eigenvalue weighted by Gasteiger charge is 2.17. The minimum atomic E-state index is -0.218. The van der Waals surface area contributed by atoms with Gasteiger partial charge in [0.05, 0.1) is 6.54 Å². The molecule has 0 unspecified atom stereocenters. The maximum absolute atomic E-state index is 12.4. The zero-order valence-electron chi connectivity index (χ0n) is 15.0. The first-order valence-corrected chi connectivity index (χ1v) is 9.30. The molecular formula is C20H23BrN2O3. The molecule has 138 valence electrons. The Kier molecular flexibility index (Phi) is 7.66. The number of nitrogens with zero attached hydrogens (tertiary/aromatic N) is 1. The topological polar surface area (TPSA) is 58.6 Å². The molecule has 0 aliphatic carbocycles. The first kappa shape index (κ1) is 20.0. The molecule has 2 rings (SSSR count). The molecule has 0 saturated heterocycles. The van der Waals surface area contributed by atoms with Crippen LogP contribution in [0.2, 0.25) is 0 Å². The molecule has 0 fully saturated rings. The van der Waals surface area contributed by atoms with Gasteiger partial charge in [-0.3, -0.25) is 9.59 Å². The fourth-order valence-corrected chi connectivity index (χ4v) is 2.67. The molecule has 26 heavy (non-hydrogen) atoms. The fourth-order valence-electron chi connectivity index (χ4n) is 2.41. The summed E-state index contributed by atoms with van der Waals surface area (Å²) in [7, 11) is 0. The van der Waals surface area contributed by atoms with Crippen LogP contribution in [0.5, 0.6) is 5.75 Å². The molecular weight excluding hydrogens is 396 g/mol. The molecule has 0 aliphatic heterocycles. The molecule has 0 radical (unpaired) electrons. The van der Waals surface area contributed by atoms with Gasteiger partial charge in [0.25, 0.3) is 5.91 Å². The van der Waals surface area contributed by atoms with Crippen molar-refractivity contribution in [2.75, 3.05) is 25.0 Å². The monoisotopic (exact) mass is 418 g/mol. The van der Waals surface area contributed by atoms with E-state index in [1.807, 2.05) is 50.2 Å². The Bertz CT molecular complexity index is 747. The molecule has 0 spiro atoms. The van der Waals surface area contributed by atoms with Gasteiger partial charge in [-0.2, -0.15) is 0 Å². The fraction of sp³-hybridized carbons (Fsp3) is 0.300. The normalized spacial score (nSPS) is 10.3. The number of hydrogen-bond acceptors (Lipinski definition) is 3. The van der Waals surface area contributed by atoms with Crippen molar-refractivity contribution in [2.24, 2.45) is 0 Å². The van der Waals surface area contributed by atoms with Crippen molar-refractivity contribution in [1.29, 1.82) is 0 Å². The lowest BCUT2D eigenvalue weighted by Crippen LogP contribution is -2.41. The van der Waals surface area contributed by atoms with E-state index in [9.17, 15) is 9.59 Å². The van der Waals surface area contributed by atoms with Crippen LogP contribution in [0, 0.1) is 6.92 Å². The van der Waals surface area contributed by atoms with Gasteiger partial charge in [0.15, 0.2) is 6.61 Å². The van der Waals surface area contributed by atoms with Gasteiger partial charge in [0.2, 0.25) is 5.91 Å². The lowest BCUT2D eigenvalue weighted by molar-refractivity contribution is -0.136. The van der Waals surface area contributed by atoms with Gasteiger partial charge in [-0.25, -0.2) is 0 Å². The highest BCUT2D eigenvalue weighted by Crippen LogP contribution is 2.16. The summed E-state index contributed by atoms with van der Waals surface area (Å²) in [6.45, 7) is 4.31. The summed E-state index contributed by atoms with van der Waals surface area (Å²) in [6, 6.07) is 14.8. The van der Waals surface area contributed by atoms with Crippen LogP contribution in [-0.4, -0.2) is 36.4 Å². The number of para-hydroxylation sites is 1. The number of benzene rings is 2. The van der Waals surface area contributed by atoms with Crippen LogP contribution in [0.25, 0.3) is 0 Å². The van der Waals surface area contributed by atoms with Crippen molar-refractivity contribution in [3.05, 3.63) is 58.6 Å². The second kappa shape index (κ2) is 9.97. The van der Waals surface area contributed by atoms with Gasteiger partial charge in [0, 0.05) is 16.7 Å². The van der Waals surface area contributed by atoms with Crippen LogP contribution in [0.3, 0.4) is 0 Å². The Morgan fingerprint density at radius 2 is 1.81 bits per heavy atom. The smallest absolute Gasteiger partial charge is 0.260 e. The molecule has 0 aromatic heterocycles. The van der Waals surface area contributed by atoms with E-state index >= 15 is 0 Å². The SMILES string of the molecule is CCCN(CC(=O)Nc1ccccc1C)C(=O)COc1ccc(Br)cc1. The number of amides is 2. The summed E-state index contributed by atoms with van der Waals surface area (Å²) in [4.78, 5) is 26.3. The van der Waals surface area contributed by atoms with Gasteiger partial charge in [0.1, 0.15) is 5.75 Å². The lowest BCUT2D eigenvalue weighted by Gasteiger charge is -2.22. The molecule has 2 aromatic carbocycles. The third-order valence-electron chi connectivity index (χ3n) is 3.78. The quantitative estimate of drug-likeness (QED) is 0.704. The van der Waals surface area contributed by atoms with Crippen LogP contribution >= 0.6 is 15.9 Å². The third kappa shape index (κ3) is 6.19. The number of carbonyl (C=O) groups excluding carboxylic acids is 2. The van der Waals surface area contributed by atoms with Crippen molar-refractivity contribution >= 4 is 33.4 Å². The zero-order valence-corrected chi connectivity index (χ0v) is 16.6. The van der Waals surface area contributed by atoms with E-state index in [2.05, 4.69) is 21.2 Å². The number of carbonyl (C=O) groups is 2. The summed E-state index contributed by atoms with van der Waals surface area (Å²) in [6.07, 6.45) is 0.766. The molecule has 0 bridgehead atoms. The number of anilines is 1. The van der Waals surface area contributed by atoms with Crippen LogP contribution in [0.4, 0.5) is 5.69 Å².